The lowest BCUT2D eigenvalue weighted by Crippen LogP contribution is -2.46. The lowest BCUT2D eigenvalue weighted by molar-refractivity contribution is -0.127. The highest BCUT2D eigenvalue weighted by atomic mass is 32.1. The number of rotatable bonds is 7. The van der Waals surface area contributed by atoms with E-state index in [-0.39, 0.29) is 30.2 Å². The Kier molecular flexibility index (Phi) is 7.32. The lowest BCUT2D eigenvalue weighted by Gasteiger charge is -2.33. The Labute approximate surface area is 192 Å². The molecule has 3 aromatic rings. The van der Waals surface area contributed by atoms with E-state index >= 15 is 0 Å². The molecule has 1 fully saturated rings. The fourth-order valence-electron chi connectivity index (χ4n) is 4.24. The molecule has 0 radical (unpaired) electrons. The molecule has 0 saturated heterocycles. The van der Waals surface area contributed by atoms with E-state index in [1.165, 1.54) is 29.9 Å². The van der Waals surface area contributed by atoms with Crippen molar-refractivity contribution in [2.24, 2.45) is 0 Å². The van der Waals surface area contributed by atoms with Gasteiger partial charge in [-0.1, -0.05) is 67.8 Å². The highest BCUT2D eigenvalue weighted by Crippen LogP contribution is 2.28. The Morgan fingerprint density at radius 1 is 0.969 bits per heavy atom. The van der Waals surface area contributed by atoms with Crippen LogP contribution in [0.2, 0.25) is 0 Å². The fraction of sp³-hybridized carbons (Fsp3) is 0.308. The summed E-state index contributed by atoms with van der Waals surface area (Å²) in [5.41, 5.74) is 1.52. The normalized spacial score (nSPS) is 15.2. The number of benzene rings is 2. The van der Waals surface area contributed by atoms with Gasteiger partial charge in [0.25, 0.3) is 5.91 Å². The van der Waals surface area contributed by atoms with Crippen LogP contribution in [0.5, 0.6) is 0 Å². The number of amides is 2. The van der Waals surface area contributed by atoms with Crippen LogP contribution in [-0.4, -0.2) is 22.8 Å². The SMILES string of the molecule is O=C(NC1CCCCC1)[C@@H](c1ccccc1)N(Cc1ccc(F)cc1)C(=O)c1cccs1. The minimum absolute atomic E-state index is 0.131. The van der Waals surface area contributed by atoms with Crippen molar-refractivity contribution in [1.82, 2.24) is 10.2 Å². The van der Waals surface area contributed by atoms with Crippen LogP contribution in [0.3, 0.4) is 0 Å². The molecule has 32 heavy (non-hydrogen) atoms. The van der Waals surface area contributed by atoms with Gasteiger partial charge < -0.3 is 10.2 Å². The predicted octanol–water partition coefficient (Wildman–Crippen LogP) is 5.72. The summed E-state index contributed by atoms with van der Waals surface area (Å²) in [5.74, 6) is -0.716. The molecule has 1 aliphatic rings. The molecule has 4 rings (SSSR count). The Balaban J connectivity index is 1.70. The molecule has 2 amide bonds. The maximum absolute atomic E-state index is 13.6. The number of hydrogen-bond acceptors (Lipinski definition) is 3. The number of nitrogens with one attached hydrogen (secondary N) is 1. The molecule has 0 unspecified atom stereocenters. The van der Waals surface area contributed by atoms with Crippen molar-refractivity contribution in [3.8, 4) is 0 Å². The van der Waals surface area contributed by atoms with Gasteiger partial charge in [0, 0.05) is 12.6 Å². The second-order valence-corrected chi connectivity index (χ2v) is 9.14. The zero-order valence-corrected chi connectivity index (χ0v) is 18.7. The number of thiophene rings is 1. The third-order valence-electron chi connectivity index (χ3n) is 5.89. The first-order valence-corrected chi connectivity index (χ1v) is 11.9. The van der Waals surface area contributed by atoms with Crippen molar-refractivity contribution < 1.29 is 14.0 Å². The highest BCUT2D eigenvalue weighted by molar-refractivity contribution is 7.12. The zero-order chi connectivity index (χ0) is 22.3. The Morgan fingerprint density at radius 3 is 2.34 bits per heavy atom. The van der Waals surface area contributed by atoms with E-state index in [1.807, 2.05) is 41.8 Å². The van der Waals surface area contributed by atoms with Crippen molar-refractivity contribution in [2.45, 2.75) is 50.7 Å². The molecular weight excluding hydrogens is 423 g/mol. The van der Waals surface area contributed by atoms with E-state index in [0.717, 1.165) is 36.8 Å². The summed E-state index contributed by atoms with van der Waals surface area (Å²) in [6.07, 6.45) is 5.33. The summed E-state index contributed by atoms with van der Waals surface area (Å²) in [4.78, 5) is 29.4. The molecule has 0 bridgehead atoms. The summed E-state index contributed by atoms with van der Waals surface area (Å²) < 4.78 is 13.5. The van der Waals surface area contributed by atoms with Crippen molar-refractivity contribution in [3.05, 3.63) is 93.9 Å². The van der Waals surface area contributed by atoms with Gasteiger partial charge in [0.05, 0.1) is 4.88 Å². The first-order valence-electron chi connectivity index (χ1n) is 11.1. The molecule has 6 heteroatoms. The van der Waals surface area contributed by atoms with E-state index in [2.05, 4.69) is 5.32 Å². The van der Waals surface area contributed by atoms with Crippen molar-refractivity contribution >= 4 is 23.2 Å². The van der Waals surface area contributed by atoms with Gasteiger partial charge >= 0.3 is 0 Å². The van der Waals surface area contributed by atoms with Crippen LogP contribution in [0, 0.1) is 5.82 Å². The van der Waals surface area contributed by atoms with Gasteiger partial charge in [0.1, 0.15) is 11.9 Å². The van der Waals surface area contributed by atoms with Crippen molar-refractivity contribution in [1.29, 1.82) is 0 Å². The Bertz CT molecular complexity index is 1020. The van der Waals surface area contributed by atoms with Crippen LogP contribution >= 0.6 is 11.3 Å². The van der Waals surface area contributed by atoms with E-state index in [1.54, 1.807) is 23.1 Å². The van der Waals surface area contributed by atoms with Crippen molar-refractivity contribution in [3.63, 3.8) is 0 Å². The second kappa shape index (κ2) is 10.6. The van der Waals surface area contributed by atoms with Gasteiger partial charge in [-0.05, 0) is 47.5 Å². The largest absolute Gasteiger partial charge is 0.351 e. The number of halogens is 1. The zero-order valence-electron chi connectivity index (χ0n) is 17.9. The summed E-state index contributed by atoms with van der Waals surface area (Å²) >= 11 is 1.35. The Morgan fingerprint density at radius 2 is 1.69 bits per heavy atom. The van der Waals surface area contributed by atoms with Crippen LogP contribution in [0.1, 0.15) is 58.9 Å². The minimum Gasteiger partial charge on any atom is -0.351 e. The molecule has 1 aromatic heterocycles. The third kappa shape index (κ3) is 5.43. The monoisotopic (exact) mass is 450 g/mol. The highest BCUT2D eigenvalue weighted by Gasteiger charge is 2.33. The Hall–Kier alpha value is -2.99. The predicted molar refractivity (Wildman–Crippen MR) is 125 cm³/mol. The van der Waals surface area contributed by atoms with Gasteiger partial charge in [0.15, 0.2) is 0 Å². The van der Waals surface area contributed by atoms with Crippen molar-refractivity contribution in [2.75, 3.05) is 0 Å². The van der Waals surface area contributed by atoms with Gasteiger partial charge in [-0.3, -0.25) is 9.59 Å². The summed E-state index contributed by atoms with van der Waals surface area (Å²) in [6, 6.07) is 18.4. The molecule has 1 aliphatic carbocycles. The lowest BCUT2D eigenvalue weighted by atomic mass is 9.94. The first-order chi connectivity index (χ1) is 15.6. The summed E-state index contributed by atoms with van der Waals surface area (Å²) in [6.45, 7) is 0.203. The van der Waals surface area contributed by atoms with E-state index in [9.17, 15) is 14.0 Å². The maximum atomic E-state index is 13.6. The molecule has 4 nitrogen and oxygen atoms in total. The number of nitrogens with zero attached hydrogens (tertiary/aromatic N) is 1. The van der Waals surface area contributed by atoms with Crippen LogP contribution < -0.4 is 5.32 Å². The van der Waals surface area contributed by atoms with Gasteiger partial charge in [-0.2, -0.15) is 0 Å². The van der Waals surface area contributed by atoms with Gasteiger partial charge in [0.2, 0.25) is 5.91 Å². The summed E-state index contributed by atoms with van der Waals surface area (Å²) in [5, 5.41) is 5.05. The quantitative estimate of drug-likeness (QED) is 0.500. The van der Waals surface area contributed by atoms with E-state index < -0.39 is 6.04 Å². The topological polar surface area (TPSA) is 49.4 Å². The van der Waals surface area contributed by atoms with Crippen LogP contribution in [0.4, 0.5) is 4.39 Å². The number of carbonyl (C=O) groups is 2. The average Bonchev–Trinajstić information content (AvgIpc) is 3.36. The maximum Gasteiger partial charge on any atom is 0.265 e. The molecule has 0 aliphatic heterocycles. The van der Waals surface area contributed by atoms with Crippen LogP contribution in [-0.2, 0) is 11.3 Å². The molecule has 166 valence electrons. The second-order valence-electron chi connectivity index (χ2n) is 8.19. The molecule has 1 saturated carbocycles. The van der Waals surface area contributed by atoms with E-state index in [4.69, 9.17) is 0 Å². The molecular formula is C26H27FN2O2S. The molecule has 1 N–H and O–H groups in total. The van der Waals surface area contributed by atoms with Gasteiger partial charge in [-0.15, -0.1) is 11.3 Å². The minimum atomic E-state index is -0.780. The summed E-state index contributed by atoms with van der Waals surface area (Å²) in [7, 11) is 0. The molecule has 0 spiro atoms. The molecule has 1 heterocycles. The van der Waals surface area contributed by atoms with E-state index in [0.29, 0.717) is 4.88 Å². The van der Waals surface area contributed by atoms with Crippen LogP contribution in [0.15, 0.2) is 72.1 Å². The smallest absolute Gasteiger partial charge is 0.265 e. The van der Waals surface area contributed by atoms with Crippen LogP contribution in [0.25, 0.3) is 0 Å². The third-order valence-corrected chi connectivity index (χ3v) is 6.74. The fourth-order valence-corrected chi connectivity index (χ4v) is 4.92. The standard InChI is InChI=1S/C26H27FN2O2S/c27-21-15-13-19(14-16-21)18-29(26(31)23-12-7-17-32-23)24(20-8-3-1-4-9-20)25(30)28-22-10-5-2-6-11-22/h1,3-4,7-9,12-17,22,24H,2,5-6,10-11,18H2,(H,28,30)/t24-/m1/s1. The van der Waals surface area contributed by atoms with Gasteiger partial charge in [-0.25, -0.2) is 4.39 Å². The first kappa shape index (κ1) is 22.2. The average molecular weight is 451 g/mol. The number of carbonyl (C=O) groups excluding carboxylic acids is 2. The molecule has 2 aromatic carbocycles. The molecule has 1 atom stereocenters. The number of hydrogen-bond donors (Lipinski definition) is 1.